The van der Waals surface area contributed by atoms with Crippen LogP contribution in [-0.2, 0) is 0 Å². The van der Waals surface area contributed by atoms with Crippen LogP contribution in [0.15, 0.2) is 29.6 Å². The number of methoxy groups -OCH3 is 2. The van der Waals surface area contributed by atoms with Gasteiger partial charge in [-0.15, -0.1) is 11.3 Å². The van der Waals surface area contributed by atoms with Crippen molar-refractivity contribution in [1.29, 1.82) is 0 Å². The molecule has 0 aliphatic carbocycles. The number of nitrogens with one attached hydrogen (secondary N) is 1. The molecular formula is C19H26N2O2S. The summed E-state index contributed by atoms with van der Waals surface area (Å²) in [7, 11) is 3.47. The standard InChI is InChI=1S/C19H26N2O2S/c1-14-8-13-24-19(14)18(21-11-5-9-20-10-12-21)17-15(22-2)6-4-7-16(17)23-3/h4,6-8,13,18,20H,5,9-12H2,1-3H3. The highest BCUT2D eigenvalue weighted by molar-refractivity contribution is 7.10. The molecular weight excluding hydrogens is 320 g/mol. The minimum absolute atomic E-state index is 0.163. The molecule has 2 heterocycles. The zero-order valence-electron chi connectivity index (χ0n) is 14.7. The van der Waals surface area contributed by atoms with E-state index in [4.69, 9.17) is 9.47 Å². The average Bonchev–Trinajstić information content (AvgIpc) is 2.86. The van der Waals surface area contributed by atoms with Crippen molar-refractivity contribution in [2.24, 2.45) is 0 Å². The molecule has 1 aliphatic rings. The molecule has 130 valence electrons. The molecule has 1 aliphatic heterocycles. The van der Waals surface area contributed by atoms with Crippen LogP contribution in [0.1, 0.15) is 28.5 Å². The molecule has 1 saturated heterocycles. The Labute approximate surface area is 148 Å². The molecule has 3 rings (SSSR count). The van der Waals surface area contributed by atoms with Crippen molar-refractivity contribution in [1.82, 2.24) is 10.2 Å². The van der Waals surface area contributed by atoms with E-state index >= 15 is 0 Å². The molecule has 0 radical (unpaired) electrons. The van der Waals surface area contributed by atoms with Crippen molar-refractivity contribution in [3.8, 4) is 11.5 Å². The smallest absolute Gasteiger partial charge is 0.127 e. The molecule has 1 aromatic carbocycles. The van der Waals surface area contributed by atoms with Crippen molar-refractivity contribution in [2.75, 3.05) is 40.4 Å². The quantitative estimate of drug-likeness (QED) is 0.899. The molecule has 0 spiro atoms. The number of aryl methyl sites for hydroxylation is 1. The summed E-state index contributed by atoms with van der Waals surface area (Å²) in [4.78, 5) is 3.93. The molecule has 1 unspecified atom stereocenters. The fourth-order valence-electron chi connectivity index (χ4n) is 3.42. The van der Waals surface area contributed by atoms with Gasteiger partial charge in [-0.1, -0.05) is 6.07 Å². The Morgan fingerprint density at radius 3 is 2.46 bits per heavy atom. The second-order valence-electron chi connectivity index (χ2n) is 6.09. The van der Waals surface area contributed by atoms with Crippen LogP contribution in [0.2, 0.25) is 0 Å². The zero-order valence-corrected chi connectivity index (χ0v) is 15.5. The lowest BCUT2D eigenvalue weighted by Crippen LogP contribution is -2.33. The number of ether oxygens (including phenoxy) is 2. The summed E-state index contributed by atoms with van der Waals surface area (Å²) in [5.74, 6) is 1.79. The van der Waals surface area contributed by atoms with E-state index in [1.165, 1.54) is 10.4 Å². The van der Waals surface area contributed by atoms with Gasteiger partial charge in [0.25, 0.3) is 0 Å². The third-order valence-electron chi connectivity index (χ3n) is 4.63. The second kappa shape index (κ2) is 8.01. The molecule has 0 saturated carbocycles. The predicted molar refractivity (Wildman–Crippen MR) is 99.5 cm³/mol. The van der Waals surface area contributed by atoms with Gasteiger partial charge in [-0.05, 0) is 49.0 Å². The van der Waals surface area contributed by atoms with Gasteiger partial charge < -0.3 is 14.8 Å². The number of benzene rings is 1. The van der Waals surface area contributed by atoms with Gasteiger partial charge >= 0.3 is 0 Å². The van der Waals surface area contributed by atoms with E-state index < -0.39 is 0 Å². The normalized spacial score (nSPS) is 17.3. The largest absolute Gasteiger partial charge is 0.496 e. The van der Waals surface area contributed by atoms with Gasteiger partial charge in [0.15, 0.2) is 0 Å². The first-order valence-electron chi connectivity index (χ1n) is 8.46. The van der Waals surface area contributed by atoms with Gasteiger partial charge in [0.1, 0.15) is 11.5 Å². The van der Waals surface area contributed by atoms with Gasteiger partial charge in [-0.2, -0.15) is 0 Å². The lowest BCUT2D eigenvalue weighted by Gasteiger charge is -2.32. The van der Waals surface area contributed by atoms with Crippen LogP contribution in [0, 0.1) is 6.92 Å². The fraction of sp³-hybridized carbons (Fsp3) is 0.474. The molecule has 4 nitrogen and oxygen atoms in total. The van der Waals surface area contributed by atoms with Crippen molar-refractivity contribution in [2.45, 2.75) is 19.4 Å². The highest BCUT2D eigenvalue weighted by Gasteiger charge is 2.30. The van der Waals surface area contributed by atoms with Crippen LogP contribution < -0.4 is 14.8 Å². The molecule has 1 aromatic heterocycles. The van der Waals surface area contributed by atoms with Crippen LogP contribution in [0.4, 0.5) is 0 Å². The van der Waals surface area contributed by atoms with E-state index in [0.717, 1.165) is 49.7 Å². The first kappa shape index (κ1) is 17.3. The summed E-state index contributed by atoms with van der Waals surface area (Å²) in [6.07, 6.45) is 1.15. The van der Waals surface area contributed by atoms with Crippen LogP contribution in [0.5, 0.6) is 11.5 Å². The Balaban J connectivity index is 2.13. The predicted octanol–water partition coefficient (Wildman–Crippen LogP) is 3.46. The fourth-order valence-corrected chi connectivity index (χ4v) is 4.49. The van der Waals surface area contributed by atoms with Crippen molar-refractivity contribution < 1.29 is 9.47 Å². The van der Waals surface area contributed by atoms with Gasteiger partial charge in [0.2, 0.25) is 0 Å². The van der Waals surface area contributed by atoms with E-state index in [-0.39, 0.29) is 6.04 Å². The average molecular weight is 346 g/mol. The van der Waals surface area contributed by atoms with E-state index in [2.05, 4.69) is 28.6 Å². The first-order chi connectivity index (χ1) is 11.8. The molecule has 0 bridgehead atoms. The van der Waals surface area contributed by atoms with Gasteiger partial charge in [0.05, 0.1) is 25.8 Å². The Morgan fingerprint density at radius 1 is 1.08 bits per heavy atom. The van der Waals surface area contributed by atoms with Crippen LogP contribution in [0.25, 0.3) is 0 Å². The summed E-state index contributed by atoms with van der Waals surface area (Å²) >= 11 is 1.82. The number of hydrogen-bond acceptors (Lipinski definition) is 5. The minimum Gasteiger partial charge on any atom is -0.496 e. The molecule has 1 fully saturated rings. The van der Waals surface area contributed by atoms with Crippen LogP contribution >= 0.6 is 11.3 Å². The highest BCUT2D eigenvalue weighted by Crippen LogP contribution is 2.43. The topological polar surface area (TPSA) is 33.7 Å². The molecule has 5 heteroatoms. The lowest BCUT2D eigenvalue weighted by molar-refractivity contribution is 0.233. The number of nitrogens with zero attached hydrogens (tertiary/aromatic N) is 1. The van der Waals surface area contributed by atoms with Gasteiger partial charge in [-0.3, -0.25) is 4.90 Å². The van der Waals surface area contributed by atoms with Crippen LogP contribution in [0.3, 0.4) is 0 Å². The van der Waals surface area contributed by atoms with Crippen molar-refractivity contribution >= 4 is 11.3 Å². The maximum absolute atomic E-state index is 5.71. The zero-order chi connectivity index (χ0) is 16.9. The first-order valence-corrected chi connectivity index (χ1v) is 9.34. The van der Waals surface area contributed by atoms with E-state index in [0.29, 0.717) is 0 Å². The number of rotatable bonds is 5. The van der Waals surface area contributed by atoms with E-state index in [1.54, 1.807) is 14.2 Å². The number of hydrogen-bond donors (Lipinski definition) is 1. The SMILES string of the molecule is COc1cccc(OC)c1C(c1sccc1C)N1CCCNCC1. The van der Waals surface area contributed by atoms with Gasteiger partial charge in [0, 0.05) is 24.5 Å². The Hall–Kier alpha value is -1.56. The van der Waals surface area contributed by atoms with Crippen LogP contribution in [-0.4, -0.2) is 45.3 Å². The van der Waals surface area contributed by atoms with Gasteiger partial charge in [-0.25, -0.2) is 0 Å². The number of thiophene rings is 1. The van der Waals surface area contributed by atoms with Crippen molar-refractivity contribution in [3.05, 3.63) is 45.6 Å². The monoisotopic (exact) mass is 346 g/mol. The van der Waals surface area contributed by atoms with Crippen molar-refractivity contribution in [3.63, 3.8) is 0 Å². The second-order valence-corrected chi connectivity index (χ2v) is 7.03. The summed E-state index contributed by atoms with van der Waals surface area (Å²) in [5.41, 5.74) is 2.46. The maximum atomic E-state index is 5.71. The Morgan fingerprint density at radius 2 is 1.83 bits per heavy atom. The maximum Gasteiger partial charge on any atom is 0.127 e. The third kappa shape index (κ3) is 3.43. The highest BCUT2D eigenvalue weighted by atomic mass is 32.1. The third-order valence-corrected chi connectivity index (χ3v) is 5.70. The van der Waals surface area contributed by atoms with E-state index in [1.807, 2.05) is 29.5 Å². The summed E-state index contributed by atoms with van der Waals surface area (Å²) in [6, 6.07) is 8.42. The summed E-state index contributed by atoms with van der Waals surface area (Å²) in [5, 5.41) is 5.68. The minimum atomic E-state index is 0.163. The Kier molecular flexibility index (Phi) is 5.76. The van der Waals surface area contributed by atoms with E-state index in [9.17, 15) is 0 Å². The lowest BCUT2D eigenvalue weighted by atomic mass is 9.98. The summed E-state index contributed by atoms with van der Waals surface area (Å²) in [6.45, 7) is 6.37. The molecule has 2 aromatic rings. The molecule has 24 heavy (non-hydrogen) atoms. The Bertz CT molecular complexity index is 641. The molecule has 0 amide bonds. The molecule has 1 N–H and O–H groups in total. The summed E-state index contributed by atoms with van der Waals surface area (Å²) < 4.78 is 11.4. The molecule has 1 atom stereocenters.